The minimum atomic E-state index is -0.358. The van der Waals surface area contributed by atoms with Gasteiger partial charge in [-0.15, -0.1) is 0 Å². The molecule has 82 valence electrons. The van der Waals surface area contributed by atoms with Crippen LogP contribution < -0.4 is 5.73 Å². The van der Waals surface area contributed by atoms with E-state index in [1.165, 1.54) is 0 Å². The molecule has 0 amide bonds. The summed E-state index contributed by atoms with van der Waals surface area (Å²) in [6, 6.07) is 5.02. The van der Waals surface area contributed by atoms with Gasteiger partial charge in [-0.1, -0.05) is 24.4 Å². The standard InChI is InChI=1S/C11H10FN3S/c12-10-8(6-15-5-4-14-7-15)2-1-3-9(10)11(13)16/h1-5,7H,6H2,(H2,13,16). The first-order valence-corrected chi connectivity index (χ1v) is 5.12. The maximum absolute atomic E-state index is 13.9. The molecule has 0 saturated carbocycles. The maximum atomic E-state index is 13.9. The third-order valence-corrected chi connectivity index (χ3v) is 2.48. The van der Waals surface area contributed by atoms with Crippen LogP contribution in [0.15, 0.2) is 36.9 Å². The predicted octanol–water partition coefficient (Wildman–Crippen LogP) is 1.70. The lowest BCUT2D eigenvalue weighted by atomic mass is 10.1. The lowest BCUT2D eigenvalue weighted by Gasteiger charge is -2.07. The molecule has 0 bridgehead atoms. The number of hydrogen-bond acceptors (Lipinski definition) is 2. The van der Waals surface area contributed by atoms with Crippen molar-refractivity contribution in [3.63, 3.8) is 0 Å². The highest BCUT2D eigenvalue weighted by Gasteiger charge is 2.09. The van der Waals surface area contributed by atoms with Crippen LogP contribution >= 0.6 is 12.2 Å². The van der Waals surface area contributed by atoms with Gasteiger partial charge in [0.1, 0.15) is 10.8 Å². The second-order valence-corrected chi connectivity index (χ2v) is 3.82. The molecule has 3 nitrogen and oxygen atoms in total. The number of halogens is 1. The molecule has 0 radical (unpaired) electrons. The Morgan fingerprint density at radius 2 is 2.31 bits per heavy atom. The molecule has 5 heteroatoms. The molecule has 0 atom stereocenters. The summed E-state index contributed by atoms with van der Waals surface area (Å²) in [5.41, 5.74) is 6.26. The second kappa shape index (κ2) is 4.40. The molecular formula is C11H10FN3S. The molecule has 1 heterocycles. The third kappa shape index (κ3) is 2.09. The van der Waals surface area contributed by atoms with Crippen LogP contribution in [-0.4, -0.2) is 14.5 Å². The Morgan fingerprint density at radius 3 is 2.94 bits per heavy atom. The van der Waals surface area contributed by atoms with Crippen LogP contribution in [0.4, 0.5) is 4.39 Å². The molecule has 0 fully saturated rings. The van der Waals surface area contributed by atoms with E-state index in [0.29, 0.717) is 12.1 Å². The van der Waals surface area contributed by atoms with Gasteiger partial charge in [0.05, 0.1) is 12.9 Å². The number of rotatable bonds is 3. The van der Waals surface area contributed by atoms with Gasteiger partial charge in [-0.2, -0.15) is 0 Å². The van der Waals surface area contributed by atoms with Gasteiger partial charge in [-0.25, -0.2) is 9.37 Å². The summed E-state index contributed by atoms with van der Waals surface area (Å²) < 4.78 is 15.7. The van der Waals surface area contributed by atoms with Crippen LogP contribution in [0.1, 0.15) is 11.1 Å². The highest BCUT2D eigenvalue weighted by Crippen LogP contribution is 2.14. The molecule has 0 aliphatic rings. The van der Waals surface area contributed by atoms with Gasteiger partial charge in [0.15, 0.2) is 0 Å². The lowest BCUT2D eigenvalue weighted by molar-refractivity contribution is 0.597. The molecule has 0 saturated heterocycles. The monoisotopic (exact) mass is 235 g/mol. The van der Waals surface area contributed by atoms with Crippen molar-refractivity contribution < 1.29 is 4.39 Å². The largest absolute Gasteiger partial charge is 0.389 e. The smallest absolute Gasteiger partial charge is 0.138 e. The van der Waals surface area contributed by atoms with E-state index in [-0.39, 0.29) is 16.4 Å². The van der Waals surface area contributed by atoms with E-state index < -0.39 is 0 Å². The fourth-order valence-electron chi connectivity index (χ4n) is 1.47. The number of nitrogens with two attached hydrogens (primary N) is 1. The van der Waals surface area contributed by atoms with Crippen LogP contribution in [0.3, 0.4) is 0 Å². The van der Waals surface area contributed by atoms with Crippen molar-refractivity contribution in [3.8, 4) is 0 Å². The zero-order chi connectivity index (χ0) is 11.5. The Morgan fingerprint density at radius 1 is 1.50 bits per heavy atom. The maximum Gasteiger partial charge on any atom is 0.138 e. The molecule has 16 heavy (non-hydrogen) atoms. The number of aromatic nitrogens is 2. The number of thiocarbonyl (C=S) groups is 1. The average Bonchev–Trinajstić information content (AvgIpc) is 2.73. The number of benzene rings is 1. The van der Waals surface area contributed by atoms with Crippen molar-refractivity contribution in [2.45, 2.75) is 6.54 Å². The molecular weight excluding hydrogens is 225 g/mol. The van der Waals surface area contributed by atoms with Gasteiger partial charge in [-0.3, -0.25) is 0 Å². The average molecular weight is 235 g/mol. The summed E-state index contributed by atoms with van der Waals surface area (Å²) in [4.78, 5) is 3.97. The summed E-state index contributed by atoms with van der Waals surface area (Å²) in [5, 5.41) is 0. The zero-order valence-electron chi connectivity index (χ0n) is 8.43. The summed E-state index contributed by atoms with van der Waals surface area (Å²) in [7, 11) is 0. The van der Waals surface area contributed by atoms with E-state index in [1.54, 1.807) is 41.5 Å². The molecule has 0 aliphatic carbocycles. The Bertz CT molecular complexity index is 508. The molecule has 0 spiro atoms. The lowest BCUT2D eigenvalue weighted by Crippen LogP contribution is -2.13. The van der Waals surface area contributed by atoms with Crippen molar-refractivity contribution in [1.29, 1.82) is 0 Å². The van der Waals surface area contributed by atoms with Gasteiger partial charge in [0.25, 0.3) is 0 Å². The summed E-state index contributed by atoms with van der Waals surface area (Å²) in [6.07, 6.45) is 5.05. The van der Waals surface area contributed by atoms with E-state index in [9.17, 15) is 4.39 Å². The van der Waals surface area contributed by atoms with E-state index in [4.69, 9.17) is 18.0 Å². The highest BCUT2D eigenvalue weighted by molar-refractivity contribution is 7.80. The quantitative estimate of drug-likeness (QED) is 0.824. The van der Waals surface area contributed by atoms with Crippen LogP contribution in [-0.2, 0) is 6.54 Å². The molecule has 0 aliphatic heterocycles. The third-order valence-electron chi connectivity index (χ3n) is 2.26. The van der Waals surface area contributed by atoms with Crippen LogP contribution in [0.5, 0.6) is 0 Å². The Balaban J connectivity index is 2.35. The van der Waals surface area contributed by atoms with Crippen LogP contribution in [0.25, 0.3) is 0 Å². The van der Waals surface area contributed by atoms with Gasteiger partial charge >= 0.3 is 0 Å². The van der Waals surface area contributed by atoms with E-state index in [2.05, 4.69) is 4.98 Å². The van der Waals surface area contributed by atoms with Crippen molar-refractivity contribution in [2.24, 2.45) is 5.73 Å². The molecule has 2 N–H and O–H groups in total. The van der Waals surface area contributed by atoms with Crippen LogP contribution in [0.2, 0.25) is 0 Å². The predicted molar refractivity (Wildman–Crippen MR) is 63.6 cm³/mol. The van der Waals surface area contributed by atoms with Crippen molar-refractivity contribution >= 4 is 17.2 Å². The second-order valence-electron chi connectivity index (χ2n) is 3.38. The van der Waals surface area contributed by atoms with Gasteiger partial charge in [-0.05, 0) is 6.07 Å². The number of imidazole rings is 1. The van der Waals surface area contributed by atoms with Gasteiger partial charge in [0.2, 0.25) is 0 Å². The topological polar surface area (TPSA) is 43.8 Å². The van der Waals surface area contributed by atoms with Crippen molar-refractivity contribution in [3.05, 3.63) is 53.9 Å². The number of nitrogens with zero attached hydrogens (tertiary/aromatic N) is 2. The normalized spacial score (nSPS) is 10.3. The van der Waals surface area contributed by atoms with Gasteiger partial charge in [0, 0.05) is 23.5 Å². The summed E-state index contributed by atoms with van der Waals surface area (Å²) in [6.45, 7) is 0.419. The highest BCUT2D eigenvalue weighted by atomic mass is 32.1. The Hall–Kier alpha value is -1.75. The first kappa shape index (κ1) is 10.8. The Labute approximate surface area is 97.7 Å². The van der Waals surface area contributed by atoms with E-state index >= 15 is 0 Å². The molecule has 2 rings (SSSR count). The SMILES string of the molecule is NC(=S)c1cccc(Cn2ccnc2)c1F. The number of hydrogen-bond donors (Lipinski definition) is 1. The Kier molecular flexibility index (Phi) is 2.96. The van der Waals surface area contributed by atoms with Crippen molar-refractivity contribution in [2.75, 3.05) is 0 Å². The van der Waals surface area contributed by atoms with Crippen molar-refractivity contribution in [1.82, 2.24) is 9.55 Å². The minimum absolute atomic E-state index is 0.0741. The van der Waals surface area contributed by atoms with E-state index in [0.717, 1.165) is 0 Å². The molecule has 2 aromatic rings. The minimum Gasteiger partial charge on any atom is -0.389 e. The first-order valence-electron chi connectivity index (χ1n) is 4.71. The van der Waals surface area contributed by atoms with E-state index in [1.807, 2.05) is 0 Å². The zero-order valence-corrected chi connectivity index (χ0v) is 9.25. The molecule has 0 unspecified atom stereocenters. The first-order chi connectivity index (χ1) is 7.68. The summed E-state index contributed by atoms with van der Waals surface area (Å²) >= 11 is 4.78. The van der Waals surface area contributed by atoms with Crippen LogP contribution in [0, 0.1) is 5.82 Å². The fourth-order valence-corrected chi connectivity index (χ4v) is 1.63. The summed E-state index contributed by atoms with van der Waals surface area (Å²) in [5.74, 6) is -0.358. The van der Waals surface area contributed by atoms with Gasteiger partial charge < -0.3 is 10.3 Å². The fraction of sp³-hybridized carbons (Fsp3) is 0.0909. The molecule has 1 aromatic carbocycles. The molecule has 1 aromatic heterocycles.